The maximum atomic E-state index is 13.6. The molecule has 3 unspecified atom stereocenters. The van der Waals surface area contributed by atoms with Crippen LogP contribution in [-0.4, -0.2) is 176 Å². The Balaban J connectivity index is 0.000000329. The van der Waals surface area contributed by atoms with Crippen LogP contribution >= 0.6 is 11.8 Å². The summed E-state index contributed by atoms with van der Waals surface area (Å²) in [5, 5.41) is 33.7. The molecule has 4 aromatic carbocycles. The Morgan fingerprint density at radius 3 is 1.39 bits per heavy atom. The molecular weight excluding hydrogens is 1190 g/mol. The Morgan fingerprint density at radius 2 is 0.978 bits per heavy atom. The second kappa shape index (κ2) is 37.7. The van der Waals surface area contributed by atoms with E-state index in [9.17, 15) is 58.2 Å². The van der Waals surface area contributed by atoms with Crippen molar-refractivity contribution in [3.63, 3.8) is 0 Å². The van der Waals surface area contributed by atoms with Gasteiger partial charge in [0.2, 0.25) is 0 Å². The van der Waals surface area contributed by atoms with E-state index in [4.69, 9.17) is 18.9 Å². The number of fused-ring (bicyclic) bond motifs is 2. The van der Waals surface area contributed by atoms with Gasteiger partial charge in [0.05, 0.1) is 61.6 Å². The number of H-pyrrole nitrogens is 2. The number of thioether (sulfide) groups is 1. The zero-order valence-electron chi connectivity index (χ0n) is 50.8. The molecule has 0 aliphatic rings. The maximum absolute atomic E-state index is 13.6. The number of carboxylic acid groups (broad SMARTS) is 2. The largest absolute Gasteiger partial charge is 0.480 e. The Hall–Kier alpha value is -9.93. The van der Waals surface area contributed by atoms with Crippen LogP contribution in [0.4, 0.5) is 19.2 Å². The predicted octanol–water partition coefficient (Wildman–Crippen LogP) is 6.22. The van der Waals surface area contributed by atoms with Gasteiger partial charge < -0.3 is 80.8 Å². The Labute approximate surface area is 523 Å². The normalized spacial score (nSPS) is 11.7. The number of aliphatic carboxylic acids is 2. The van der Waals surface area contributed by atoms with E-state index < -0.39 is 78.1 Å². The lowest BCUT2D eigenvalue weighted by Gasteiger charge is -2.25. The van der Waals surface area contributed by atoms with Crippen molar-refractivity contribution in [2.45, 2.75) is 104 Å². The van der Waals surface area contributed by atoms with E-state index in [1.165, 1.54) is 21.9 Å². The highest BCUT2D eigenvalue weighted by atomic mass is 32.2. The van der Waals surface area contributed by atoms with E-state index in [1.54, 1.807) is 62.0 Å². The van der Waals surface area contributed by atoms with E-state index in [0.29, 0.717) is 47.8 Å². The number of rotatable bonds is 33. The number of imidazole rings is 2. The lowest BCUT2D eigenvalue weighted by Crippen LogP contribution is -2.48. The number of alkyl carbamates (subject to hydrolysis) is 2. The van der Waals surface area contributed by atoms with Crippen molar-refractivity contribution >= 4 is 93.8 Å². The number of aromatic amines is 2. The van der Waals surface area contributed by atoms with Gasteiger partial charge in [-0.15, -0.1) is 0 Å². The minimum atomic E-state index is -1.38. The molecule has 28 nitrogen and oxygen atoms in total. The average molecular weight is 1270 g/mol. The third-order valence-corrected chi connectivity index (χ3v) is 13.7. The molecule has 2 aromatic heterocycles. The lowest BCUT2D eigenvalue weighted by atomic mass is 10.1. The summed E-state index contributed by atoms with van der Waals surface area (Å²) in [6, 6.07) is 23.1. The number of para-hydroxylation sites is 4. The van der Waals surface area contributed by atoms with Crippen molar-refractivity contribution in [2.75, 3.05) is 58.1 Å². The number of nitrogens with zero attached hydrogens (tertiary/aromatic N) is 4. The Bertz CT molecular complexity index is 3280. The molecule has 90 heavy (non-hydrogen) atoms. The quantitative estimate of drug-likeness (QED) is 0.0124. The Kier molecular flexibility index (Phi) is 29.7. The van der Waals surface area contributed by atoms with E-state index in [0.717, 1.165) is 34.9 Å². The number of ether oxygens (including phenoxy) is 4. The molecule has 0 aliphatic heterocycles. The highest BCUT2D eigenvalue weighted by Gasteiger charge is 2.27. The monoisotopic (exact) mass is 1270 g/mol. The molecule has 0 spiro atoms. The van der Waals surface area contributed by atoms with Crippen molar-refractivity contribution in [1.82, 2.24) is 61.6 Å². The van der Waals surface area contributed by atoms with E-state index in [2.05, 4.69) is 51.8 Å². The first-order chi connectivity index (χ1) is 43.3. The van der Waals surface area contributed by atoms with Crippen molar-refractivity contribution in [2.24, 2.45) is 0 Å². The number of urea groups is 2. The van der Waals surface area contributed by atoms with Crippen LogP contribution < -0.4 is 31.9 Å². The number of carbonyl (C=O) groups is 10. The number of aromatic nitrogens is 4. The molecule has 8 amide bonds. The van der Waals surface area contributed by atoms with Gasteiger partial charge in [-0.2, -0.15) is 11.8 Å². The summed E-state index contributed by atoms with van der Waals surface area (Å²) in [5.41, 5.74) is 4.98. The summed E-state index contributed by atoms with van der Waals surface area (Å²) < 4.78 is 19.9. The fourth-order valence-corrected chi connectivity index (χ4v) is 8.78. The van der Waals surface area contributed by atoms with Gasteiger partial charge >= 0.3 is 48.1 Å². The third-order valence-electron chi connectivity index (χ3n) is 13.1. The molecule has 6 aromatic rings. The standard InChI is InChI=1S/C32H42N6O8S.C29H36N6O8/c1-4-6-16-46-32(44)37-26(29(40)41)18-33-28(39)22-13-11-21(12-14-22)19-38(20-27-34-23-9-7-8-10-24(23)35-27)31(43)36-25(15-17-47-3)30(42)45-5-2;1-3-5-14-43-29(41)34-23(27(38)39)15-30-26(37)20-12-10-19(11-13-20)17-35(28(40)31-16-25(36)42-4-2)18-24-32-21-8-6-7-9-22(21)33-24/h7-14,25-26H,4-6,15-20H2,1-3H3,(H,33,39)(H,34,35)(H,36,43)(H,37,44)(H,40,41);6-13,23H,3-5,14-18H2,1-2H3,(H,30,37)(H,31,40)(H,32,33)(H,34,41)(H,38,39). The number of unbranched alkanes of at least 4 members (excludes halogenated alkanes) is 2. The summed E-state index contributed by atoms with van der Waals surface area (Å²) >= 11 is 1.55. The molecule has 0 aliphatic carbocycles. The van der Waals surface area contributed by atoms with Crippen LogP contribution in [0.25, 0.3) is 22.1 Å². The van der Waals surface area contributed by atoms with Crippen molar-refractivity contribution in [1.29, 1.82) is 0 Å². The van der Waals surface area contributed by atoms with Gasteiger partial charge in [-0.1, -0.05) is 75.2 Å². The SMILES string of the molecule is CCCCOC(=O)NC(CNC(=O)c1ccc(CN(Cc2nc3ccccc3[nH]2)C(=O)NC(CCSC)C(=O)OCC)cc1)C(=O)O.CCCCOC(=O)NC(CNC(=O)c1ccc(CN(Cc2nc3ccccc3[nH]2)C(=O)NCC(=O)OCC)cc1)C(=O)O. The number of esters is 2. The summed E-state index contributed by atoms with van der Waals surface area (Å²) in [4.78, 5) is 142. The fourth-order valence-electron chi connectivity index (χ4n) is 8.30. The van der Waals surface area contributed by atoms with E-state index in [1.807, 2.05) is 68.6 Å². The second-order valence-corrected chi connectivity index (χ2v) is 21.0. The highest BCUT2D eigenvalue weighted by molar-refractivity contribution is 7.98. The molecule has 0 fully saturated rings. The maximum Gasteiger partial charge on any atom is 0.407 e. The van der Waals surface area contributed by atoms with Crippen molar-refractivity contribution in [3.8, 4) is 0 Å². The van der Waals surface area contributed by atoms with Gasteiger partial charge in [0.1, 0.15) is 36.3 Å². The fraction of sp³-hybridized carbons (Fsp3) is 0.410. The van der Waals surface area contributed by atoms with Crippen LogP contribution in [0, 0.1) is 0 Å². The summed E-state index contributed by atoms with van der Waals surface area (Å²) in [5.74, 6) is -3.10. The van der Waals surface area contributed by atoms with Crippen LogP contribution in [0.15, 0.2) is 97.1 Å². The molecule has 0 saturated heterocycles. The number of hydrogen-bond acceptors (Lipinski definition) is 17. The Morgan fingerprint density at radius 1 is 0.533 bits per heavy atom. The molecule has 0 bridgehead atoms. The molecule has 0 radical (unpaired) electrons. The minimum Gasteiger partial charge on any atom is -0.480 e. The van der Waals surface area contributed by atoms with Gasteiger partial charge in [0.15, 0.2) is 0 Å². The molecule has 484 valence electrons. The highest BCUT2D eigenvalue weighted by Crippen LogP contribution is 2.18. The molecular formula is C61H78N12O16S. The number of amides is 8. The van der Waals surface area contributed by atoms with E-state index >= 15 is 0 Å². The van der Waals surface area contributed by atoms with E-state index in [-0.39, 0.29) is 83.4 Å². The topological polar surface area (TPSA) is 384 Å². The number of nitrogens with one attached hydrogen (secondary N) is 8. The molecule has 29 heteroatoms. The molecule has 2 heterocycles. The zero-order valence-corrected chi connectivity index (χ0v) is 51.6. The number of carbonyl (C=O) groups excluding carboxylic acids is 8. The van der Waals surface area contributed by atoms with Crippen molar-refractivity contribution < 1.29 is 77.1 Å². The van der Waals surface area contributed by atoms with Gasteiger partial charge in [-0.25, -0.2) is 43.5 Å². The van der Waals surface area contributed by atoms with Gasteiger partial charge in [-0.3, -0.25) is 14.4 Å². The van der Waals surface area contributed by atoms with Crippen LogP contribution in [-0.2, 0) is 64.3 Å². The van der Waals surface area contributed by atoms with Crippen LogP contribution in [0.5, 0.6) is 0 Å². The average Bonchev–Trinajstić information content (AvgIpc) is 1.92. The predicted molar refractivity (Wildman–Crippen MR) is 332 cm³/mol. The van der Waals surface area contributed by atoms with Gasteiger partial charge in [-0.05, 0) is 105 Å². The number of carboxylic acids is 2. The first-order valence-electron chi connectivity index (χ1n) is 29.2. The van der Waals surface area contributed by atoms with Crippen LogP contribution in [0.3, 0.4) is 0 Å². The molecule has 6 rings (SSSR count). The van der Waals surface area contributed by atoms with Crippen molar-refractivity contribution in [3.05, 3.63) is 131 Å². The summed E-state index contributed by atoms with van der Waals surface area (Å²) in [6.45, 7) is 7.36. The lowest BCUT2D eigenvalue weighted by molar-refractivity contribution is -0.145. The minimum absolute atomic E-state index is 0.102. The molecule has 0 saturated carbocycles. The summed E-state index contributed by atoms with van der Waals surface area (Å²) in [7, 11) is 0. The first-order valence-corrected chi connectivity index (χ1v) is 30.6. The molecule has 10 N–H and O–H groups in total. The number of benzene rings is 4. The third kappa shape index (κ3) is 24.0. The first kappa shape index (κ1) is 70.8. The zero-order chi connectivity index (χ0) is 65.4. The van der Waals surface area contributed by atoms with Gasteiger partial charge in [0, 0.05) is 37.3 Å². The van der Waals surface area contributed by atoms with Crippen LogP contribution in [0.2, 0.25) is 0 Å². The number of hydrogen-bond donors (Lipinski definition) is 10. The van der Waals surface area contributed by atoms with Gasteiger partial charge in [0.25, 0.3) is 11.8 Å². The summed E-state index contributed by atoms with van der Waals surface area (Å²) in [6.07, 6.45) is 3.47. The van der Waals surface area contributed by atoms with Crippen LogP contribution in [0.1, 0.15) is 103 Å². The second-order valence-electron chi connectivity index (χ2n) is 20.0. The molecule has 3 atom stereocenters. The smallest absolute Gasteiger partial charge is 0.407 e.